The van der Waals surface area contributed by atoms with E-state index in [1.54, 1.807) is 0 Å². The third-order valence-electron chi connectivity index (χ3n) is 15.5. The first-order chi connectivity index (χ1) is 36.3. The summed E-state index contributed by atoms with van der Waals surface area (Å²) in [4.78, 5) is 5.26. The molecule has 76 heavy (non-hydrogen) atoms. The number of benzene rings is 8. The third-order valence-corrected chi connectivity index (χ3v) is 15.5. The van der Waals surface area contributed by atoms with Crippen LogP contribution in [0, 0.1) is 12.2 Å². The lowest BCUT2D eigenvalue weighted by Gasteiger charge is -2.27. The largest absolute Gasteiger partial charge is 0.458 e. The Morgan fingerprint density at radius 2 is 1.07 bits per heavy atom. The number of rotatable bonds is 10. The minimum Gasteiger partial charge on any atom is -0.458 e. The zero-order chi connectivity index (χ0) is 53.3. The number of imidazole rings is 1. The Bertz CT molecular complexity index is 3910. The molecule has 0 aliphatic heterocycles. The smallest absolute Gasteiger partial charge is 0.269 e. The predicted molar refractivity (Wildman–Crippen MR) is 318 cm³/mol. The second-order valence-corrected chi connectivity index (χ2v) is 24.2. The number of hydrogen-bond donors (Lipinski definition) is 0. The molecule has 0 fully saturated rings. The molecule has 5 heteroatoms. The van der Waals surface area contributed by atoms with Gasteiger partial charge in [-0.05, 0) is 121 Å². The Balaban J connectivity index is 1.01. The molecular formula is C71H70N4O. The lowest BCUT2D eigenvalue weighted by Crippen LogP contribution is -2.31. The van der Waals surface area contributed by atoms with Crippen LogP contribution in [0.4, 0.5) is 0 Å². The fraction of sp³-hybridized carbons (Fsp3) is 0.239. The first-order valence-corrected chi connectivity index (χ1v) is 27.0. The molecular weight excluding hydrogens is 925 g/mol. The van der Waals surface area contributed by atoms with Gasteiger partial charge in [-0.2, -0.15) is 0 Å². The Morgan fingerprint density at radius 3 is 1.75 bits per heavy atom. The topological polar surface area (TPSA) is 35.9 Å². The van der Waals surface area contributed by atoms with Crippen LogP contribution < -0.4 is 9.30 Å². The van der Waals surface area contributed by atoms with Crippen molar-refractivity contribution in [2.75, 3.05) is 0 Å². The minimum atomic E-state index is -0.0421. The van der Waals surface area contributed by atoms with Gasteiger partial charge in [-0.25, -0.2) is 4.98 Å². The fourth-order valence-corrected chi connectivity index (χ4v) is 10.7. The molecule has 0 amide bonds. The quantitative estimate of drug-likeness (QED) is 0.101. The van der Waals surface area contributed by atoms with Crippen molar-refractivity contribution in [3.8, 4) is 62.1 Å². The van der Waals surface area contributed by atoms with Crippen molar-refractivity contribution < 1.29 is 9.30 Å². The molecule has 8 aromatic carbocycles. The van der Waals surface area contributed by atoms with E-state index in [1.165, 1.54) is 44.3 Å². The molecule has 1 unspecified atom stereocenters. The highest BCUT2D eigenvalue weighted by Gasteiger charge is 2.26. The molecule has 0 N–H and O–H groups in total. The maximum absolute atomic E-state index is 6.91. The summed E-state index contributed by atoms with van der Waals surface area (Å²) in [6, 6.07) is 68.1. The molecule has 0 aliphatic carbocycles. The summed E-state index contributed by atoms with van der Waals surface area (Å²) < 4.78 is 13.7. The number of nitrogens with zero attached hydrogens (tertiary/aromatic N) is 4. The second-order valence-electron chi connectivity index (χ2n) is 24.2. The summed E-state index contributed by atoms with van der Waals surface area (Å²) in [5.74, 6) is 3.09. The van der Waals surface area contributed by atoms with Crippen LogP contribution in [-0.2, 0) is 16.2 Å². The van der Waals surface area contributed by atoms with E-state index in [0.29, 0.717) is 11.8 Å². The molecule has 0 radical (unpaired) electrons. The van der Waals surface area contributed by atoms with Crippen molar-refractivity contribution in [3.63, 3.8) is 0 Å². The van der Waals surface area contributed by atoms with Crippen LogP contribution in [0.15, 0.2) is 194 Å². The van der Waals surface area contributed by atoms with E-state index >= 15 is 0 Å². The van der Waals surface area contributed by atoms with Gasteiger partial charge >= 0.3 is 0 Å². The van der Waals surface area contributed by atoms with Gasteiger partial charge in [0.1, 0.15) is 17.3 Å². The van der Waals surface area contributed by atoms with Crippen molar-refractivity contribution in [2.24, 2.45) is 5.92 Å². The molecule has 11 rings (SSSR count). The van der Waals surface area contributed by atoms with Gasteiger partial charge < -0.3 is 4.74 Å². The maximum atomic E-state index is 6.91. The SMILES string of the molecule is CC(C)C(C)c1cc(-n2c3ccccc3c3ccc(Oc4cccc(-n5[c-][n+](-c6c(-c7ccccc7)cccc6-c6cc(C(C)(C)C)cc(C(C)(C)C)c6)c6ccccc65)c4)cc32)ncc1-c1ccc(C(C)(C)C)cc1. The summed E-state index contributed by atoms with van der Waals surface area (Å²) in [7, 11) is 0. The second kappa shape index (κ2) is 19.3. The summed E-state index contributed by atoms with van der Waals surface area (Å²) in [6.07, 6.45) is 5.98. The van der Waals surface area contributed by atoms with E-state index in [-0.39, 0.29) is 16.2 Å². The van der Waals surface area contributed by atoms with Gasteiger partial charge in [0.15, 0.2) is 0 Å². The minimum absolute atomic E-state index is 0.0421. The van der Waals surface area contributed by atoms with Gasteiger partial charge in [0.2, 0.25) is 0 Å². The molecule has 3 heterocycles. The highest BCUT2D eigenvalue weighted by atomic mass is 16.5. The Labute approximate surface area is 450 Å². The first-order valence-electron chi connectivity index (χ1n) is 27.0. The average Bonchev–Trinajstić information content (AvgIpc) is 4.04. The van der Waals surface area contributed by atoms with Crippen LogP contribution in [0.25, 0.3) is 83.4 Å². The van der Waals surface area contributed by atoms with Crippen molar-refractivity contribution in [3.05, 3.63) is 223 Å². The van der Waals surface area contributed by atoms with Crippen LogP contribution in [0.2, 0.25) is 0 Å². The van der Waals surface area contributed by atoms with Gasteiger partial charge in [0.05, 0.1) is 33.4 Å². The van der Waals surface area contributed by atoms with Crippen molar-refractivity contribution in [1.82, 2.24) is 14.1 Å². The van der Waals surface area contributed by atoms with Gasteiger partial charge in [-0.15, -0.1) is 0 Å². The molecule has 0 saturated carbocycles. The number of hydrogen-bond acceptors (Lipinski definition) is 2. The van der Waals surface area contributed by atoms with Gasteiger partial charge in [0, 0.05) is 28.6 Å². The molecule has 0 aliphatic rings. The Kier molecular flexibility index (Phi) is 12.7. The van der Waals surface area contributed by atoms with Crippen molar-refractivity contribution in [1.29, 1.82) is 0 Å². The Morgan fingerprint density at radius 1 is 0.474 bits per heavy atom. The molecule has 3 aromatic heterocycles. The van der Waals surface area contributed by atoms with Gasteiger partial charge in [0.25, 0.3) is 6.33 Å². The van der Waals surface area contributed by atoms with E-state index in [4.69, 9.17) is 9.72 Å². The van der Waals surface area contributed by atoms with Crippen molar-refractivity contribution in [2.45, 2.75) is 105 Å². The van der Waals surface area contributed by atoms with Crippen molar-refractivity contribution >= 4 is 32.8 Å². The molecule has 380 valence electrons. The fourth-order valence-electron chi connectivity index (χ4n) is 10.7. The lowest BCUT2D eigenvalue weighted by molar-refractivity contribution is -0.571. The van der Waals surface area contributed by atoms with Crippen LogP contribution >= 0.6 is 0 Å². The first kappa shape index (κ1) is 50.2. The number of para-hydroxylation sites is 4. The zero-order valence-electron chi connectivity index (χ0n) is 46.3. The average molecular weight is 995 g/mol. The van der Waals surface area contributed by atoms with E-state index in [9.17, 15) is 0 Å². The normalized spacial score (nSPS) is 12.8. The van der Waals surface area contributed by atoms with E-state index in [0.717, 1.165) is 72.8 Å². The number of ether oxygens (including phenoxy) is 1. The van der Waals surface area contributed by atoms with Crippen LogP contribution in [0.1, 0.15) is 111 Å². The molecule has 0 spiro atoms. The maximum Gasteiger partial charge on any atom is 0.269 e. The molecule has 0 bridgehead atoms. The summed E-state index contributed by atoms with van der Waals surface area (Å²) in [6.45, 7) is 27.6. The summed E-state index contributed by atoms with van der Waals surface area (Å²) in [5.41, 5.74) is 18.5. The summed E-state index contributed by atoms with van der Waals surface area (Å²) in [5, 5.41) is 2.32. The highest BCUT2D eigenvalue weighted by molar-refractivity contribution is 6.09. The highest BCUT2D eigenvalue weighted by Crippen LogP contribution is 2.42. The van der Waals surface area contributed by atoms with Crippen LogP contribution in [-0.4, -0.2) is 14.1 Å². The van der Waals surface area contributed by atoms with E-state index in [2.05, 4.69) is 291 Å². The number of pyridine rings is 1. The molecule has 1 atom stereocenters. The lowest BCUT2D eigenvalue weighted by atomic mass is 9.78. The molecule has 0 saturated heterocycles. The molecule has 11 aromatic rings. The van der Waals surface area contributed by atoms with Crippen LogP contribution in [0.3, 0.4) is 0 Å². The van der Waals surface area contributed by atoms with E-state index < -0.39 is 0 Å². The standard InChI is InChI=1S/C71H70N4O/c1-46(2)47(3)61-43-67(72-44-62(61)49-32-34-51(35-33-49)69(4,5)6)75-63-29-17-16-26-59(63)60-37-36-56(42-66(60)75)76-55-25-20-24-54(41-55)73-45-74(65-31-19-18-30-64(65)73)68-57(48-22-14-13-15-23-48)27-21-28-58(68)50-38-52(70(7,8)9)40-53(39-50)71(10,11)12/h13-44,46-47H,1-12H3. The molecule has 5 nitrogen and oxygen atoms in total. The summed E-state index contributed by atoms with van der Waals surface area (Å²) >= 11 is 0. The monoisotopic (exact) mass is 995 g/mol. The number of aromatic nitrogens is 4. The van der Waals surface area contributed by atoms with E-state index in [1.807, 2.05) is 6.07 Å². The van der Waals surface area contributed by atoms with Crippen LogP contribution in [0.5, 0.6) is 11.5 Å². The number of fused-ring (bicyclic) bond motifs is 4. The van der Waals surface area contributed by atoms with Gasteiger partial charge in [-0.1, -0.05) is 223 Å². The third kappa shape index (κ3) is 9.42. The zero-order valence-corrected chi connectivity index (χ0v) is 46.3. The Hall–Kier alpha value is -8.02. The van der Waals surface area contributed by atoms with Gasteiger partial charge in [-0.3, -0.25) is 13.7 Å². The predicted octanol–water partition coefficient (Wildman–Crippen LogP) is 18.6.